The average Bonchev–Trinajstić information content (AvgIpc) is 2.62. The minimum Gasteiger partial charge on any atom is -0.355 e. The first-order chi connectivity index (χ1) is 8.43. The number of rotatable bonds is 1. The van der Waals surface area contributed by atoms with Crippen LogP contribution in [0, 0.1) is 0 Å². The Morgan fingerprint density at radius 2 is 1.53 bits per heavy atom. The van der Waals surface area contributed by atoms with E-state index in [1.165, 1.54) is 11.1 Å². The van der Waals surface area contributed by atoms with Gasteiger partial charge in [-0.3, -0.25) is 0 Å². The van der Waals surface area contributed by atoms with E-state index in [9.17, 15) is 0 Å². The summed E-state index contributed by atoms with van der Waals surface area (Å²) in [4.78, 5) is 0. The molecule has 1 heterocycles. The van der Waals surface area contributed by atoms with Crippen LogP contribution in [0.3, 0.4) is 0 Å². The van der Waals surface area contributed by atoms with Gasteiger partial charge in [-0.15, -0.1) is 0 Å². The number of anilines is 1. The Hall–Kier alpha value is -2.28. The molecule has 3 rings (SSSR count). The van der Waals surface area contributed by atoms with Crippen LogP contribution in [0.4, 0.5) is 5.69 Å². The Kier molecular flexibility index (Phi) is 2.51. The van der Waals surface area contributed by atoms with Crippen molar-refractivity contribution in [2.45, 2.75) is 0 Å². The van der Waals surface area contributed by atoms with E-state index in [1.807, 2.05) is 12.1 Å². The minimum absolute atomic E-state index is 1.13. The van der Waals surface area contributed by atoms with Gasteiger partial charge in [0, 0.05) is 11.4 Å². The highest BCUT2D eigenvalue weighted by Crippen LogP contribution is 2.25. The van der Waals surface area contributed by atoms with Crippen molar-refractivity contribution in [2.24, 2.45) is 0 Å². The molecular weight excluding hydrogens is 206 g/mol. The summed E-state index contributed by atoms with van der Waals surface area (Å²) in [5, 5.41) is 3.47. The second-order valence-electron chi connectivity index (χ2n) is 4.02. The van der Waals surface area contributed by atoms with Crippen molar-refractivity contribution >= 4 is 17.5 Å². The second-order valence-corrected chi connectivity index (χ2v) is 4.02. The standard InChI is InChI=1S/C16H13N/c1-2-7-13(8-3-1)16-12-6-10-14-9-4-5-11-15(14)17-16/h1-12,17H. The fraction of sp³-hybridized carbons (Fsp3) is 0. The Morgan fingerprint density at radius 1 is 0.765 bits per heavy atom. The van der Waals surface area contributed by atoms with E-state index in [2.05, 4.69) is 66.0 Å². The average molecular weight is 219 g/mol. The van der Waals surface area contributed by atoms with Gasteiger partial charge in [0.1, 0.15) is 0 Å². The van der Waals surface area contributed by atoms with Crippen LogP contribution in [0.15, 0.2) is 66.7 Å². The molecule has 0 atom stereocenters. The normalized spacial score (nSPS) is 13.3. The van der Waals surface area contributed by atoms with E-state index in [0.29, 0.717) is 0 Å². The van der Waals surface area contributed by atoms with Crippen molar-refractivity contribution < 1.29 is 0 Å². The van der Waals surface area contributed by atoms with E-state index < -0.39 is 0 Å². The van der Waals surface area contributed by atoms with Crippen molar-refractivity contribution in [1.29, 1.82) is 0 Å². The second kappa shape index (κ2) is 4.30. The van der Waals surface area contributed by atoms with Crippen LogP contribution in [0.1, 0.15) is 11.1 Å². The van der Waals surface area contributed by atoms with Crippen molar-refractivity contribution in [3.8, 4) is 0 Å². The van der Waals surface area contributed by atoms with E-state index in [-0.39, 0.29) is 0 Å². The Morgan fingerprint density at radius 3 is 2.41 bits per heavy atom. The lowest BCUT2D eigenvalue weighted by atomic mass is 10.1. The highest BCUT2D eigenvalue weighted by molar-refractivity contribution is 5.84. The summed E-state index contributed by atoms with van der Waals surface area (Å²) in [7, 11) is 0. The molecule has 17 heavy (non-hydrogen) atoms. The summed E-state index contributed by atoms with van der Waals surface area (Å²) in [5.74, 6) is 0. The number of para-hydroxylation sites is 1. The molecule has 1 N–H and O–H groups in total. The molecule has 0 amide bonds. The third kappa shape index (κ3) is 2.00. The number of nitrogens with one attached hydrogen (secondary N) is 1. The Labute approximate surface area is 101 Å². The van der Waals surface area contributed by atoms with Gasteiger partial charge >= 0.3 is 0 Å². The zero-order chi connectivity index (χ0) is 11.5. The van der Waals surface area contributed by atoms with Crippen LogP contribution in [-0.4, -0.2) is 0 Å². The predicted octanol–water partition coefficient (Wildman–Crippen LogP) is 4.17. The molecule has 1 heteroatoms. The summed E-state index contributed by atoms with van der Waals surface area (Å²) in [6, 6.07) is 18.7. The monoisotopic (exact) mass is 219 g/mol. The Balaban J connectivity index is 2.02. The third-order valence-electron chi connectivity index (χ3n) is 2.85. The Bertz CT molecular complexity index is 579. The van der Waals surface area contributed by atoms with Crippen LogP contribution < -0.4 is 5.32 Å². The van der Waals surface area contributed by atoms with Crippen LogP contribution in [-0.2, 0) is 0 Å². The number of hydrogen-bond acceptors (Lipinski definition) is 1. The van der Waals surface area contributed by atoms with Gasteiger partial charge in [0.05, 0.1) is 0 Å². The first-order valence-electron chi connectivity index (χ1n) is 5.73. The molecule has 2 aromatic rings. The highest BCUT2D eigenvalue weighted by atomic mass is 14.9. The molecule has 0 saturated carbocycles. The molecule has 0 fully saturated rings. The smallest absolute Gasteiger partial charge is 0.0457 e. The molecule has 82 valence electrons. The first kappa shape index (κ1) is 9.91. The molecular formula is C16H13N. The summed E-state index contributed by atoms with van der Waals surface area (Å²) in [6.45, 7) is 0. The molecule has 2 aromatic carbocycles. The third-order valence-corrected chi connectivity index (χ3v) is 2.85. The molecule has 1 aliphatic rings. The van der Waals surface area contributed by atoms with Crippen molar-refractivity contribution in [1.82, 2.24) is 0 Å². The quantitative estimate of drug-likeness (QED) is 0.759. The van der Waals surface area contributed by atoms with Crippen LogP contribution in [0.5, 0.6) is 0 Å². The zero-order valence-electron chi connectivity index (χ0n) is 9.43. The maximum Gasteiger partial charge on any atom is 0.0457 e. The number of benzene rings is 2. The number of allylic oxidation sites excluding steroid dienone is 2. The highest BCUT2D eigenvalue weighted by Gasteiger charge is 2.05. The lowest BCUT2D eigenvalue weighted by Crippen LogP contribution is -1.98. The molecule has 0 radical (unpaired) electrons. The molecule has 0 aliphatic carbocycles. The zero-order valence-corrected chi connectivity index (χ0v) is 9.43. The van der Waals surface area contributed by atoms with Crippen LogP contribution >= 0.6 is 0 Å². The van der Waals surface area contributed by atoms with Gasteiger partial charge in [-0.2, -0.15) is 0 Å². The number of hydrogen-bond donors (Lipinski definition) is 1. The molecule has 0 spiro atoms. The van der Waals surface area contributed by atoms with Gasteiger partial charge < -0.3 is 5.32 Å². The molecule has 1 nitrogen and oxygen atoms in total. The summed E-state index contributed by atoms with van der Waals surface area (Å²) < 4.78 is 0. The van der Waals surface area contributed by atoms with Gasteiger partial charge in [0.2, 0.25) is 0 Å². The van der Waals surface area contributed by atoms with Crippen molar-refractivity contribution in [3.63, 3.8) is 0 Å². The molecule has 0 bridgehead atoms. The van der Waals surface area contributed by atoms with Gasteiger partial charge in [0.15, 0.2) is 0 Å². The largest absolute Gasteiger partial charge is 0.355 e. The molecule has 0 saturated heterocycles. The maximum absolute atomic E-state index is 3.47. The molecule has 0 aromatic heterocycles. The maximum atomic E-state index is 3.47. The fourth-order valence-corrected chi connectivity index (χ4v) is 1.98. The van der Waals surface area contributed by atoms with Crippen LogP contribution in [0.25, 0.3) is 11.8 Å². The molecule has 0 unspecified atom stereocenters. The first-order valence-corrected chi connectivity index (χ1v) is 5.73. The lowest BCUT2D eigenvalue weighted by molar-refractivity contribution is 1.53. The molecule has 1 aliphatic heterocycles. The van der Waals surface area contributed by atoms with E-state index >= 15 is 0 Å². The van der Waals surface area contributed by atoms with Crippen molar-refractivity contribution in [2.75, 3.05) is 5.32 Å². The summed E-state index contributed by atoms with van der Waals surface area (Å²) in [6.07, 6.45) is 6.31. The van der Waals surface area contributed by atoms with E-state index in [0.717, 1.165) is 11.4 Å². The van der Waals surface area contributed by atoms with Gasteiger partial charge in [-0.1, -0.05) is 60.7 Å². The number of fused-ring (bicyclic) bond motifs is 1. The van der Waals surface area contributed by atoms with Crippen molar-refractivity contribution in [3.05, 3.63) is 77.9 Å². The summed E-state index contributed by atoms with van der Waals surface area (Å²) >= 11 is 0. The lowest BCUT2D eigenvalue weighted by Gasteiger charge is -2.11. The van der Waals surface area contributed by atoms with Gasteiger partial charge in [-0.25, -0.2) is 0 Å². The van der Waals surface area contributed by atoms with E-state index in [4.69, 9.17) is 0 Å². The van der Waals surface area contributed by atoms with E-state index in [1.54, 1.807) is 0 Å². The SMILES string of the molecule is C1=Cc2ccccc2NC(c2ccccc2)=C1. The minimum atomic E-state index is 1.13. The summed E-state index contributed by atoms with van der Waals surface area (Å²) in [5.41, 5.74) is 4.70. The van der Waals surface area contributed by atoms with Gasteiger partial charge in [0.25, 0.3) is 0 Å². The van der Waals surface area contributed by atoms with Crippen LogP contribution in [0.2, 0.25) is 0 Å². The van der Waals surface area contributed by atoms with Gasteiger partial charge in [-0.05, 0) is 23.3 Å². The topological polar surface area (TPSA) is 12.0 Å². The predicted molar refractivity (Wildman–Crippen MR) is 73.5 cm³/mol. The fourth-order valence-electron chi connectivity index (χ4n) is 1.98.